The van der Waals surface area contributed by atoms with Crippen LogP contribution in [0.2, 0.25) is 0 Å². The van der Waals surface area contributed by atoms with Crippen LogP contribution in [-0.2, 0) is 14.2 Å². The summed E-state index contributed by atoms with van der Waals surface area (Å²) >= 11 is 5.27. The van der Waals surface area contributed by atoms with E-state index in [-0.39, 0.29) is 18.3 Å². The number of ether oxygens (including phenoxy) is 3. The van der Waals surface area contributed by atoms with Crippen molar-refractivity contribution in [2.45, 2.75) is 44.3 Å². The Morgan fingerprint density at radius 1 is 1.07 bits per heavy atom. The lowest BCUT2D eigenvalue weighted by Gasteiger charge is -2.23. The van der Waals surface area contributed by atoms with Crippen LogP contribution in [0.4, 0.5) is 21.0 Å². The fourth-order valence-corrected chi connectivity index (χ4v) is 4.07. The molecule has 1 aromatic carbocycles. The molecule has 3 fully saturated rings. The monoisotopic (exact) mass is 419 g/mol. The van der Waals surface area contributed by atoms with Gasteiger partial charge in [-0.3, -0.25) is 9.80 Å². The van der Waals surface area contributed by atoms with Crippen molar-refractivity contribution in [1.29, 1.82) is 0 Å². The lowest BCUT2D eigenvalue weighted by atomic mass is 9.98. The average Bonchev–Trinajstić information content (AvgIpc) is 3.33. The van der Waals surface area contributed by atoms with Gasteiger partial charge >= 0.3 is 12.2 Å². The number of nitrogens with zero attached hydrogens (tertiary/aromatic N) is 2. The molecule has 0 spiro atoms. The van der Waals surface area contributed by atoms with Crippen molar-refractivity contribution in [2.75, 3.05) is 36.0 Å². The molecule has 0 unspecified atom stereocenters. The minimum atomic E-state index is -0.399. The highest BCUT2D eigenvalue weighted by atomic mass is 32.1. The van der Waals surface area contributed by atoms with Crippen LogP contribution in [-0.4, -0.2) is 55.8 Å². The van der Waals surface area contributed by atoms with E-state index < -0.39 is 6.09 Å². The summed E-state index contributed by atoms with van der Waals surface area (Å²) in [5.74, 6) is 0. The van der Waals surface area contributed by atoms with Crippen molar-refractivity contribution in [2.24, 2.45) is 0 Å². The van der Waals surface area contributed by atoms with Crippen LogP contribution in [0.5, 0.6) is 0 Å². The Bertz CT molecular complexity index is 766. The second-order valence-electron chi connectivity index (χ2n) is 7.45. The predicted molar refractivity (Wildman–Crippen MR) is 111 cm³/mol. The zero-order chi connectivity index (χ0) is 20.2. The predicted octanol–water partition coefficient (Wildman–Crippen LogP) is 3.19. The number of hydrogen-bond acceptors (Lipinski definition) is 6. The van der Waals surface area contributed by atoms with E-state index in [1.807, 2.05) is 0 Å². The number of amides is 2. The SMILES string of the molecule is O=C1OCCN1c1ccc(N2C[C@H](CNC(=S)OC3CCCCC3)OC2=O)cc1. The third kappa shape index (κ3) is 4.72. The third-order valence-corrected chi connectivity index (χ3v) is 5.65. The molecule has 1 N–H and O–H groups in total. The quantitative estimate of drug-likeness (QED) is 0.734. The largest absolute Gasteiger partial charge is 0.468 e. The van der Waals surface area contributed by atoms with Crippen molar-refractivity contribution < 1.29 is 23.8 Å². The first kappa shape index (κ1) is 19.8. The molecule has 1 aliphatic carbocycles. The first-order valence-corrected chi connectivity index (χ1v) is 10.5. The Morgan fingerprint density at radius 3 is 2.41 bits per heavy atom. The zero-order valence-corrected chi connectivity index (χ0v) is 17.0. The number of thiocarbonyl (C=S) groups is 1. The molecule has 2 amide bonds. The second kappa shape index (κ2) is 8.86. The lowest BCUT2D eigenvalue weighted by molar-refractivity contribution is 0.128. The molecule has 2 saturated heterocycles. The number of rotatable bonds is 5. The number of carbonyl (C=O) groups is 2. The maximum Gasteiger partial charge on any atom is 0.414 e. The minimum Gasteiger partial charge on any atom is -0.468 e. The normalized spacial score (nSPS) is 22.4. The first-order chi connectivity index (χ1) is 14.1. The molecule has 3 aliphatic rings. The van der Waals surface area contributed by atoms with Gasteiger partial charge in [-0.1, -0.05) is 6.42 Å². The molecule has 4 rings (SSSR count). The van der Waals surface area contributed by atoms with Crippen molar-refractivity contribution in [3.8, 4) is 0 Å². The van der Waals surface area contributed by atoms with Crippen molar-refractivity contribution in [3.05, 3.63) is 24.3 Å². The van der Waals surface area contributed by atoms with Gasteiger partial charge in [0.05, 0.1) is 19.6 Å². The molecule has 1 aromatic rings. The van der Waals surface area contributed by atoms with Gasteiger partial charge in [0, 0.05) is 11.4 Å². The molecule has 2 heterocycles. The minimum absolute atomic E-state index is 0.192. The topological polar surface area (TPSA) is 80.3 Å². The fraction of sp³-hybridized carbons (Fsp3) is 0.550. The number of cyclic esters (lactones) is 2. The van der Waals surface area contributed by atoms with E-state index in [1.54, 1.807) is 34.1 Å². The molecule has 29 heavy (non-hydrogen) atoms. The highest BCUT2D eigenvalue weighted by molar-refractivity contribution is 7.80. The second-order valence-corrected chi connectivity index (χ2v) is 7.82. The highest BCUT2D eigenvalue weighted by Gasteiger charge is 2.33. The summed E-state index contributed by atoms with van der Waals surface area (Å²) in [6, 6.07) is 7.20. The Morgan fingerprint density at radius 2 is 1.76 bits per heavy atom. The van der Waals surface area contributed by atoms with Crippen LogP contribution in [0.3, 0.4) is 0 Å². The van der Waals surface area contributed by atoms with E-state index in [0.29, 0.717) is 31.4 Å². The molecular weight excluding hydrogens is 394 g/mol. The number of nitrogens with one attached hydrogen (secondary N) is 1. The standard InChI is InChI=1S/C20H25N3O5S/c24-19-22(10-11-26-19)14-6-8-15(9-7-14)23-13-17(28-20(23)25)12-21-18(29)27-16-4-2-1-3-5-16/h6-9,16-17H,1-5,10-13H2,(H,21,29)/t17-/m0/s1. The van der Waals surface area contributed by atoms with Crippen LogP contribution >= 0.6 is 12.2 Å². The summed E-state index contributed by atoms with van der Waals surface area (Å²) < 4.78 is 16.2. The molecule has 2 aliphatic heterocycles. The van der Waals surface area contributed by atoms with Gasteiger partial charge in [-0.05, 0) is 62.2 Å². The first-order valence-electron chi connectivity index (χ1n) is 10.1. The molecule has 0 aromatic heterocycles. The van der Waals surface area contributed by atoms with Crippen LogP contribution < -0.4 is 15.1 Å². The van der Waals surface area contributed by atoms with E-state index in [4.69, 9.17) is 26.4 Å². The molecule has 0 radical (unpaired) electrons. The van der Waals surface area contributed by atoms with Crippen LogP contribution in [0.15, 0.2) is 24.3 Å². The summed E-state index contributed by atoms with van der Waals surface area (Å²) in [5.41, 5.74) is 1.46. The van der Waals surface area contributed by atoms with Gasteiger partial charge in [0.15, 0.2) is 0 Å². The molecule has 0 bridgehead atoms. The Labute approximate surface area is 175 Å². The van der Waals surface area contributed by atoms with Crippen LogP contribution in [0.25, 0.3) is 0 Å². The molecule has 8 nitrogen and oxygen atoms in total. The number of benzene rings is 1. The average molecular weight is 420 g/mol. The molecule has 1 atom stereocenters. The molecular formula is C20H25N3O5S. The highest BCUT2D eigenvalue weighted by Crippen LogP contribution is 2.26. The number of hydrogen-bond donors (Lipinski definition) is 1. The summed E-state index contributed by atoms with van der Waals surface area (Å²) in [6.45, 7) is 1.75. The fourth-order valence-electron chi connectivity index (χ4n) is 3.85. The Hall–Kier alpha value is -2.55. The zero-order valence-electron chi connectivity index (χ0n) is 16.2. The Kier molecular flexibility index (Phi) is 6.03. The van der Waals surface area contributed by atoms with E-state index in [9.17, 15) is 9.59 Å². The maximum atomic E-state index is 12.3. The van der Waals surface area contributed by atoms with E-state index in [1.165, 1.54) is 19.3 Å². The van der Waals surface area contributed by atoms with Crippen molar-refractivity contribution >= 4 is 41.0 Å². The van der Waals surface area contributed by atoms with Crippen molar-refractivity contribution in [1.82, 2.24) is 5.32 Å². The molecule has 156 valence electrons. The molecule has 9 heteroatoms. The summed E-state index contributed by atoms with van der Waals surface area (Å²) in [4.78, 5) is 27.1. The van der Waals surface area contributed by atoms with Gasteiger partial charge in [0.25, 0.3) is 5.17 Å². The molecule has 1 saturated carbocycles. The summed E-state index contributed by atoms with van der Waals surface area (Å²) in [7, 11) is 0. The van der Waals surface area contributed by atoms with E-state index in [0.717, 1.165) is 24.2 Å². The van der Waals surface area contributed by atoms with Gasteiger partial charge in [0.2, 0.25) is 0 Å². The van der Waals surface area contributed by atoms with Gasteiger partial charge in [-0.25, -0.2) is 9.59 Å². The Balaban J connectivity index is 1.27. The van der Waals surface area contributed by atoms with Crippen LogP contribution in [0.1, 0.15) is 32.1 Å². The summed E-state index contributed by atoms with van der Waals surface area (Å²) in [5, 5.41) is 3.43. The number of carbonyl (C=O) groups excluding carboxylic acids is 2. The van der Waals surface area contributed by atoms with E-state index >= 15 is 0 Å². The number of anilines is 2. The lowest BCUT2D eigenvalue weighted by Crippen LogP contribution is -2.36. The van der Waals surface area contributed by atoms with Gasteiger partial charge < -0.3 is 19.5 Å². The van der Waals surface area contributed by atoms with Gasteiger partial charge in [-0.2, -0.15) is 0 Å². The van der Waals surface area contributed by atoms with Gasteiger partial charge in [0.1, 0.15) is 18.8 Å². The summed E-state index contributed by atoms with van der Waals surface area (Å²) in [6.07, 6.45) is 4.83. The van der Waals surface area contributed by atoms with Crippen LogP contribution in [0, 0.1) is 0 Å². The maximum absolute atomic E-state index is 12.3. The smallest absolute Gasteiger partial charge is 0.414 e. The third-order valence-electron chi connectivity index (χ3n) is 5.41. The van der Waals surface area contributed by atoms with Crippen molar-refractivity contribution in [3.63, 3.8) is 0 Å². The van der Waals surface area contributed by atoms with E-state index in [2.05, 4.69) is 5.32 Å². The van der Waals surface area contributed by atoms with Gasteiger partial charge in [-0.15, -0.1) is 0 Å².